The van der Waals surface area contributed by atoms with Gasteiger partial charge in [0.05, 0.1) is 58.9 Å². The predicted octanol–water partition coefficient (Wildman–Crippen LogP) is 8.83. The van der Waals surface area contributed by atoms with E-state index >= 15 is 0 Å². The third kappa shape index (κ3) is 11.0. The molecule has 260 valence electrons. The molecule has 0 aliphatic rings. The number of nitrogens with zero attached hydrogens (tertiary/aromatic N) is 2. The fourth-order valence-corrected chi connectivity index (χ4v) is 4.68. The summed E-state index contributed by atoms with van der Waals surface area (Å²) in [6.07, 6.45) is -7.22. The lowest BCUT2D eigenvalue weighted by Crippen LogP contribution is -2.24. The van der Waals surface area contributed by atoms with E-state index in [1.165, 1.54) is 44.7 Å². The maximum Gasteiger partial charge on any atom is 0.433 e. The number of carbonyl (C=O) groups is 2. The van der Waals surface area contributed by atoms with Crippen molar-refractivity contribution in [1.29, 1.82) is 0 Å². The number of nitrogens with one attached hydrogen (secondary N) is 1. The van der Waals surface area contributed by atoms with Crippen molar-refractivity contribution >= 4 is 52.3 Å². The smallest absolute Gasteiger partial charge is 0.433 e. The number of amides is 1. The van der Waals surface area contributed by atoms with Gasteiger partial charge in [0.2, 0.25) is 5.88 Å². The predicted molar refractivity (Wildman–Crippen MR) is 169 cm³/mol. The maximum atomic E-state index is 12.7. The molecule has 2 heterocycles. The highest BCUT2D eigenvalue weighted by Gasteiger charge is 2.33. The molecule has 0 bridgehead atoms. The molecule has 0 spiro atoms. The monoisotopic (exact) mass is 749 g/mol. The van der Waals surface area contributed by atoms with E-state index in [1.807, 2.05) is 0 Å². The zero-order chi connectivity index (χ0) is 36.4. The summed E-state index contributed by atoms with van der Waals surface area (Å²) in [5.74, 6) is -1.38. The van der Waals surface area contributed by atoms with Crippen LogP contribution in [-0.4, -0.2) is 36.1 Å². The first kappa shape index (κ1) is 38.9. The SMILES string of the molecule is CO/C=C(/C(=O)OC)c1ccccc1COc1cccc(C(F)(F)F)n1.O=C(NCc1ncc(C(F)(F)F)cc1Cl)c1c(Cl)cccc1Cl. The number of benzene rings is 2. The Bertz CT molecular complexity index is 1800. The lowest BCUT2D eigenvalue weighted by molar-refractivity contribution is -0.141. The molecule has 0 fully saturated rings. The molecule has 49 heavy (non-hydrogen) atoms. The van der Waals surface area contributed by atoms with Gasteiger partial charge in [-0.1, -0.05) is 71.2 Å². The Kier molecular flexibility index (Phi) is 13.7. The van der Waals surface area contributed by atoms with Crippen molar-refractivity contribution in [2.45, 2.75) is 25.5 Å². The van der Waals surface area contributed by atoms with Crippen LogP contribution in [0, 0.1) is 0 Å². The Morgan fingerprint density at radius 3 is 2.10 bits per heavy atom. The highest BCUT2D eigenvalue weighted by molar-refractivity contribution is 6.39. The third-order valence-electron chi connectivity index (χ3n) is 6.19. The number of alkyl halides is 6. The molecular weight excluding hydrogens is 727 g/mol. The van der Waals surface area contributed by atoms with Crippen molar-refractivity contribution in [3.05, 3.63) is 128 Å². The Morgan fingerprint density at radius 2 is 1.51 bits per heavy atom. The summed E-state index contributed by atoms with van der Waals surface area (Å²) >= 11 is 17.6. The highest BCUT2D eigenvalue weighted by atomic mass is 35.5. The van der Waals surface area contributed by atoms with Crippen LogP contribution in [0.15, 0.2) is 79.2 Å². The number of methoxy groups -OCH3 is 2. The number of ether oxygens (including phenoxy) is 3. The molecule has 0 saturated carbocycles. The Labute approximate surface area is 290 Å². The van der Waals surface area contributed by atoms with Crippen LogP contribution in [0.3, 0.4) is 0 Å². The van der Waals surface area contributed by atoms with Crippen LogP contribution >= 0.6 is 34.8 Å². The molecule has 8 nitrogen and oxygen atoms in total. The number of rotatable bonds is 9. The Hall–Kier alpha value is -4.53. The van der Waals surface area contributed by atoms with Gasteiger partial charge in [0.25, 0.3) is 5.91 Å². The van der Waals surface area contributed by atoms with Crippen LogP contribution in [0.25, 0.3) is 5.57 Å². The van der Waals surface area contributed by atoms with Gasteiger partial charge in [0, 0.05) is 12.3 Å². The van der Waals surface area contributed by atoms with Gasteiger partial charge >= 0.3 is 18.3 Å². The van der Waals surface area contributed by atoms with Crippen molar-refractivity contribution in [3.8, 4) is 5.88 Å². The average Bonchev–Trinajstić information content (AvgIpc) is 3.05. The minimum absolute atomic E-state index is 0.0684. The number of halogens is 9. The van der Waals surface area contributed by atoms with E-state index in [-0.39, 0.29) is 50.9 Å². The van der Waals surface area contributed by atoms with Gasteiger partial charge in [-0.25, -0.2) is 9.78 Å². The standard InChI is InChI=1S/C18H16F3NO4.C14H8Cl3F3N2O/c1-24-11-14(17(23)25-2)13-7-4-3-6-12(13)10-26-16-9-5-8-15(22-16)18(19,20)21;15-8-2-1-3-9(16)12(8)13(23)22-6-11-10(17)4-7(5-21-11)14(18,19)20/h3-9,11H,10H2,1-2H3;1-5H,6H2,(H,22,23)/b14-11+;. The van der Waals surface area contributed by atoms with E-state index in [0.717, 1.165) is 12.1 Å². The molecule has 4 rings (SSSR count). The maximum absolute atomic E-state index is 12.7. The fraction of sp³-hybridized carbons (Fsp3) is 0.188. The second-order valence-electron chi connectivity index (χ2n) is 9.49. The van der Waals surface area contributed by atoms with E-state index in [0.29, 0.717) is 17.3 Å². The highest BCUT2D eigenvalue weighted by Crippen LogP contribution is 2.32. The van der Waals surface area contributed by atoms with Crippen LogP contribution in [0.2, 0.25) is 15.1 Å². The number of aromatic nitrogens is 2. The van der Waals surface area contributed by atoms with Crippen molar-refractivity contribution in [2.24, 2.45) is 0 Å². The quantitative estimate of drug-likeness (QED) is 0.0790. The molecule has 0 atom stereocenters. The lowest BCUT2D eigenvalue weighted by Gasteiger charge is -2.13. The minimum Gasteiger partial charge on any atom is -0.503 e. The lowest BCUT2D eigenvalue weighted by atomic mass is 10.0. The summed E-state index contributed by atoms with van der Waals surface area (Å²) in [6, 6.07) is 15.4. The summed E-state index contributed by atoms with van der Waals surface area (Å²) in [6.45, 7) is -0.264. The zero-order valence-electron chi connectivity index (χ0n) is 25.3. The van der Waals surface area contributed by atoms with E-state index in [2.05, 4.69) is 15.3 Å². The van der Waals surface area contributed by atoms with Crippen LogP contribution < -0.4 is 10.1 Å². The molecule has 1 N–H and O–H groups in total. The number of hydrogen-bond donors (Lipinski definition) is 1. The number of pyridine rings is 2. The van der Waals surface area contributed by atoms with E-state index < -0.39 is 35.5 Å². The molecule has 0 unspecified atom stereocenters. The summed E-state index contributed by atoms with van der Waals surface area (Å²) in [4.78, 5) is 31.1. The first-order valence-corrected chi connectivity index (χ1v) is 14.7. The molecule has 17 heteroatoms. The molecule has 0 saturated heterocycles. The van der Waals surface area contributed by atoms with Crippen LogP contribution in [0.4, 0.5) is 26.3 Å². The van der Waals surface area contributed by atoms with Crippen molar-refractivity contribution in [1.82, 2.24) is 15.3 Å². The third-order valence-corrected chi connectivity index (χ3v) is 7.15. The van der Waals surface area contributed by atoms with Crippen LogP contribution in [0.1, 0.15) is 38.4 Å². The van der Waals surface area contributed by atoms with Gasteiger partial charge in [-0.2, -0.15) is 26.3 Å². The Balaban J connectivity index is 0.000000267. The summed E-state index contributed by atoms with van der Waals surface area (Å²) in [7, 11) is 2.62. The molecule has 4 aromatic rings. The van der Waals surface area contributed by atoms with Crippen molar-refractivity contribution in [3.63, 3.8) is 0 Å². The number of esters is 1. The second-order valence-corrected chi connectivity index (χ2v) is 10.7. The first-order valence-electron chi connectivity index (χ1n) is 13.6. The molecular formula is C32H24Cl3F6N3O5. The summed E-state index contributed by atoms with van der Waals surface area (Å²) in [5, 5.41) is 2.56. The molecule has 0 radical (unpaired) electrons. The Morgan fingerprint density at radius 1 is 0.857 bits per heavy atom. The summed E-state index contributed by atoms with van der Waals surface area (Å²) < 4.78 is 90.8. The average molecular weight is 751 g/mol. The topological polar surface area (TPSA) is 99.6 Å². The van der Waals surface area contributed by atoms with Gasteiger partial charge in [-0.15, -0.1) is 0 Å². The van der Waals surface area contributed by atoms with Gasteiger partial charge in [-0.05, 0) is 35.4 Å². The normalized spacial score (nSPS) is 11.6. The number of carbonyl (C=O) groups excluding carboxylic acids is 2. The molecule has 2 aromatic heterocycles. The van der Waals surface area contributed by atoms with Gasteiger partial charge < -0.3 is 19.5 Å². The molecule has 0 aliphatic carbocycles. The molecule has 0 aliphatic heterocycles. The molecule has 1 amide bonds. The van der Waals surface area contributed by atoms with Crippen molar-refractivity contribution in [2.75, 3.05) is 14.2 Å². The van der Waals surface area contributed by atoms with E-state index in [4.69, 9.17) is 49.0 Å². The van der Waals surface area contributed by atoms with Crippen LogP contribution in [0.5, 0.6) is 5.88 Å². The minimum atomic E-state index is -4.56. The summed E-state index contributed by atoms with van der Waals surface area (Å²) in [5.41, 5.74) is -0.653. The molecule has 2 aromatic carbocycles. The van der Waals surface area contributed by atoms with Crippen molar-refractivity contribution < 1.29 is 50.1 Å². The van der Waals surface area contributed by atoms with Gasteiger partial charge in [0.15, 0.2) is 0 Å². The van der Waals surface area contributed by atoms with Gasteiger partial charge in [0.1, 0.15) is 17.9 Å². The van der Waals surface area contributed by atoms with Gasteiger partial charge in [-0.3, -0.25) is 9.78 Å². The number of hydrogen-bond acceptors (Lipinski definition) is 7. The first-order chi connectivity index (χ1) is 23.1. The fourth-order valence-electron chi connectivity index (χ4n) is 3.88. The largest absolute Gasteiger partial charge is 0.503 e. The van der Waals surface area contributed by atoms with E-state index in [1.54, 1.807) is 30.3 Å². The second kappa shape index (κ2) is 17.2. The zero-order valence-corrected chi connectivity index (χ0v) is 27.5. The van der Waals surface area contributed by atoms with E-state index in [9.17, 15) is 35.9 Å². The van der Waals surface area contributed by atoms with Crippen LogP contribution in [-0.2, 0) is 39.8 Å².